The average molecular weight is 661 g/mol. The van der Waals surface area contributed by atoms with Crippen molar-refractivity contribution in [2.24, 2.45) is 0 Å². The molecule has 12 heteroatoms. The van der Waals surface area contributed by atoms with Crippen molar-refractivity contribution in [3.05, 3.63) is 88.7 Å². The Morgan fingerprint density at radius 3 is 2.19 bits per heavy atom. The van der Waals surface area contributed by atoms with E-state index < -0.39 is 30.1 Å². The molecule has 2 aromatic carbocycles. The van der Waals surface area contributed by atoms with Crippen LogP contribution in [0.25, 0.3) is 12.2 Å². The highest BCUT2D eigenvalue weighted by Crippen LogP contribution is 2.51. The molecule has 0 spiro atoms. The Bertz CT molecular complexity index is 1400. The lowest BCUT2D eigenvalue weighted by Crippen LogP contribution is -2.23. The standard InChI is InChI=1S/C31H42ClN2O6PSi2/c1-42(2,3)21-19-38-41(36,39-20-22-43(4,5)6)40-30-17-15-27(32)23-26(30)24-37-31(35)34-29-13-10-18-33-28(29)16-14-25-11-8-7-9-12-25/h7-18,23H,19-22,24H2,1-6H3,(H,34,35). The van der Waals surface area contributed by atoms with Crippen LogP contribution in [0.15, 0.2) is 66.9 Å². The number of anilines is 1. The second kappa shape index (κ2) is 15.8. The Balaban J connectivity index is 1.71. The highest BCUT2D eigenvalue weighted by molar-refractivity contribution is 7.49. The van der Waals surface area contributed by atoms with E-state index in [4.69, 9.17) is 29.9 Å². The van der Waals surface area contributed by atoms with Gasteiger partial charge in [-0.2, -0.15) is 0 Å². The fourth-order valence-electron chi connectivity index (χ4n) is 3.57. The van der Waals surface area contributed by atoms with Gasteiger partial charge < -0.3 is 9.26 Å². The number of phosphoric ester groups is 1. The Labute approximate surface area is 262 Å². The third-order valence-corrected chi connectivity index (χ3v) is 11.2. The van der Waals surface area contributed by atoms with Gasteiger partial charge in [-0.1, -0.05) is 87.3 Å². The molecule has 0 aliphatic carbocycles. The minimum Gasteiger partial charge on any atom is -0.444 e. The van der Waals surface area contributed by atoms with Crippen molar-refractivity contribution in [3.8, 4) is 5.75 Å². The number of hydrogen-bond acceptors (Lipinski definition) is 7. The van der Waals surface area contributed by atoms with E-state index >= 15 is 0 Å². The number of aromatic nitrogens is 1. The van der Waals surface area contributed by atoms with Crippen LogP contribution in [0.3, 0.4) is 0 Å². The fraction of sp³-hybridized carbons (Fsp3) is 0.355. The number of pyridine rings is 1. The first-order chi connectivity index (χ1) is 20.2. The van der Waals surface area contributed by atoms with Crippen molar-refractivity contribution >= 4 is 59.5 Å². The summed E-state index contributed by atoms with van der Waals surface area (Å²) in [6.07, 6.45) is 4.67. The van der Waals surface area contributed by atoms with Crippen LogP contribution in [0, 0.1) is 0 Å². The van der Waals surface area contributed by atoms with Crippen LogP contribution in [0.2, 0.25) is 56.4 Å². The van der Waals surface area contributed by atoms with Crippen molar-refractivity contribution < 1.29 is 27.7 Å². The first-order valence-electron chi connectivity index (χ1n) is 14.2. The number of phosphoric acid groups is 1. The molecule has 1 heterocycles. The highest BCUT2D eigenvalue weighted by atomic mass is 35.5. The lowest BCUT2D eigenvalue weighted by atomic mass is 10.2. The van der Waals surface area contributed by atoms with Crippen LogP contribution >= 0.6 is 19.4 Å². The minimum atomic E-state index is -3.97. The summed E-state index contributed by atoms with van der Waals surface area (Å²) in [5.41, 5.74) is 2.47. The van der Waals surface area contributed by atoms with Crippen LogP contribution in [0.4, 0.5) is 10.5 Å². The summed E-state index contributed by atoms with van der Waals surface area (Å²) < 4.78 is 36.7. The van der Waals surface area contributed by atoms with E-state index in [1.54, 1.807) is 36.5 Å². The van der Waals surface area contributed by atoms with E-state index in [9.17, 15) is 9.36 Å². The quantitative estimate of drug-likeness (QED) is 0.128. The van der Waals surface area contributed by atoms with Crippen molar-refractivity contribution in [3.63, 3.8) is 0 Å². The predicted molar refractivity (Wildman–Crippen MR) is 181 cm³/mol. The number of halogens is 1. The maximum Gasteiger partial charge on any atom is 0.530 e. The lowest BCUT2D eigenvalue weighted by Gasteiger charge is -2.23. The number of ether oxygens (including phenoxy) is 1. The number of nitrogens with zero attached hydrogens (tertiary/aromatic N) is 1. The van der Waals surface area contributed by atoms with Gasteiger partial charge in [-0.05, 0) is 54.1 Å². The van der Waals surface area contributed by atoms with Gasteiger partial charge in [-0.25, -0.2) is 9.36 Å². The number of carbonyl (C=O) groups is 1. The molecule has 0 aliphatic heterocycles. The summed E-state index contributed by atoms with van der Waals surface area (Å²) >= 11 is 6.26. The number of rotatable bonds is 15. The molecular weight excluding hydrogens is 619 g/mol. The molecular formula is C31H42ClN2O6PSi2. The highest BCUT2D eigenvalue weighted by Gasteiger charge is 2.31. The van der Waals surface area contributed by atoms with Gasteiger partial charge >= 0.3 is 13.9 Å². The van der Waals surface area contributed by atoms with Gasteiger partial charge in [-0.15, -0.1) is 0 Å². The van der Waals surface area contributed by atoms with Crippen LogP contribution in [-0.2, 0) is 25.0 Å². The Kier molecular flexibility index (Phi) is 12.8. The van der Waals surface area contributed by atoms with Crippen molar-refractivity contribution in [1.82, 2.24) is 4.98 Å². The normalized spacial score (nSPS) is 12.3. The molecule has 0 aliphatic rings. The van der Waals surface area contributed by atoms with Gasteiger partial charge in [0, 0.05) is 32.9 Å². The molecule has 0 fully saturated rings. The monoisotopic (exact) mass is 660 g/mol. The number of carbonyl (C=O) groups excluding carboxylic acids is 1. The number of nitrogens with one attached hydrogen (secondary N) is 1. The molecule has 43 heavy (non-hydrogen) atoms. The molecule has 0 unspecified atom stereocenters. The summed E-state index contributed by atoms with van der Waals surface area (Å²) in [4.78, 5) is 17.2. The molecule has 0 atom stereocenters. The first-order valence-corrected chi connectivity index (χ1v) is 23.5. The summed E-state index contributed by atoms with van der Waals surface area (Å²) in [6.45, 7) is 13.6. The van der Waals surface area contributed by atoms with Crippen molar-refractivity contribution in [1.29, 1.82) is 0 Å². The minimum absolute atomic E-state index is 0.193. The van der Waals surface area contributed by atoms with Gasteiger partial charge in [0.2, 0.25) is 0 Å². The molecule has 0 bridgehead atoms. The van der Waals surface area contributed by atoms with E-state index in [-0.39, 0.29) is 25.6 Å². The third-order valence-electron chi connectivity index (χ3n) is 6.10. The molecule has 0 saturated carbocycles. The van der Waals surface area contributed by atoms with Crippen molar-refractivity contribution in [2.75, 3.05) is 18.5 Å². The molecule has 0 radical (unpaired) electrons. The van der Waals surface area contributed by atoms with Crippen LogP contribution in [0.1, 0.15) is 16.8 Å². The average Bonchev–Trinajstić information content (AvgIpc) is 2.92. The molecule has 0 saturated heterocycles. The zero-order chi connectivity index (χ0) is 31.5. The van der Waals surface area contributed by atoms with Gasteiger partial charge in [0.25, 0.3) is 0 Å². The second-order valence-corrected chi connectivity index (χ2v) is 25.7. The molecule has 1 amide bonds. The molecule has 3 rings (SSSR count). The maximum atomic E-state index is 13.8. The summed E-state index contributed by atoms with van der Waals surface area (Å²) in [5, 5.41) is 3.14. The maximum absolute atomic E-state index is 13.8. The van der Waals surface area contributed by atoms with Gasteiger partial charge in [0.05, 0.1) is 24.6 Å². The lowest BCUT2D eigenvalue weighted by molar-refractivity contribution is 0.151. The van der Waals surface area contributed by atoms with Gasteiger partial charge in [0.1, 0.15) is 12.4 Å². The van der Waals surface area contributed by atoms with E-state index in [2.05, 4.69) is 49.6 Å². The molecule has 232 valence electrons. The molecule has 3 aromatic rings. The molecule has 8 nitrogen and oxygen atoms in total. The zero-order valence-electron chi connectivity index (χ0n) is 25.8. The van der Waals surface area contributed by atoms with Crippen LogP contribution in [0.5, 0.6) is 5.75 Å². The molecule has 1 N–H and O–H groups in total. The number of benzene rings is 2. The summed E-state index contributed by atoms with van der Waals surface area (Å²) in [7, 11) is -6.88. The van der Waals surface area contributed by atoms with E-state index in [0.717, 1.165) is 17.7 Å². The number of hydrogen-bond donors (Lipinski definition) is 1. The Morgan fingerprint density at radius 1 is 0.907 bits per heavy atom. The zero-order valence-corrected chi connectivity index (χ0v) is 29.4. The van der Waals surface area contributed by atoms with Gasteiger partial charge in [-0.3, -0.25) is 19.3 Å². The summed E-state index contributed by atoms with van der Waals surface area (Å²) in [5.74, 6) is 0.203. The smallest absolute Gasteiger partial charge is 0.444 e. The van der Waals surface area contributed by atoms with E-state index in [1.165, 1.54) is 0 Å². The van der Waals surface area contributed by atoms with Crippen LogP contribution in [-0.4, -0.2) is 40.4 Å². The van der Waals surface area contributed by atoms with Crippen molar-refractivity contribution in [2.45, 2.75) is 58.0 Å². The second-order valence-electron chi connectivity index (χ2n) is 12.5. The summed E-state index contributed by atoms with van der Waals surface area (Å²) in [6, 6.07) is 19.6. The van der Waals surface area contributed by atoms with Gasteiger partial charge in [0.15, 0.2) is 0 Å². The SMILES string of the molecule is C[Si](C)(C)CCOP(=O)(OCC[Si](C)(C)C)Oc1ccc(Cl)cc1COC(=O)Nc1cccnc1C=Cc1ccccc1. The van der Waals surface area contributed by atoms with E-state index in [1.807, 2.05) is 42.5 Å². The van der Waals surface area contributed by atoms with Crippen LogP contribution < -0.4 is 9.84 Å². The molecule has 1 aromatic heterocycles. The predicted octanol–water partition coefficient (Wildman–Crippen LogP) is 9.85. The van der Waals surface area contributed by atoms with E-state index in [0.29, 0.717) is 22.0 Å². The third kappa shape index (κ3) is 13.2. The first kappa shape index (κ1) is 34.8. The topological polar surface area (TPSA) is 96.0 Å². The fourth-order valence-corrected chi connectivity index (χ4v) is 6.77. The Morgan fingerprint density at radius 2 is 1.56 bits per heavy atom. The number of amides is 1. The Hall–Kier alpha value is -2.73. The largest absolute Gasteiger partial charge is 0.530 e.